The first kappa shape index (κ1) is 18.0. The highest BCUT2D eigenvalue weighted by atomic mass is 35.5. The molecule has 0 saturated heterocycles. The first-order valence-corrected chi connectivity index (χ1v) is 9.15. The van der Waals surface area contributed by atoms with Gasteiger partial charge in [-0.1, -0.05) is 35.3 Å². The van der Waals surface area contributed by atoms with Crippen LogP contribution in [0.2, 0.25) is 10.0 Å². The van der Waals surface area contributed by atoms with Gasteiger partial charge in [-0.15, -0.1) is 11.8 Å². The molecule has 0 aromatic heterocycles. The summed E-state index contributed by atoms with van der Waals surface area (Å²) in [5.74, 6) is -0.495. The molecule has 2 amide bonds. The van der Waals surface area contributed by atoms with Crippen LogP contribution in [0.3, 0.4) is 0 Å². The molecule has 2 aromatic carbocycles. The quantitative estimate of drug-likeness (QED) is 0.779. The van der Waals surface area contributed by atoms with E-state index < -0.39 is 11.8 Å². The predicted octanol–water partition coefficient (Wildman–Crippen LogP) is 4.00. The summed E-state index contributed by atoms with van der Waals surface area (Å²) >= 11 is 13.0. The molecule has 3 rings (SSSR count). The van der Waals surface area contributed by atoms with Crippen molar-refractivity contribution in [2.45, 2.75) is 0 Å². The number of hydrogen-bond acceptors (Lipinski definition) is 4. The first-order chi connectivity index (χ1) is 12.0. The minimum Gasteiger partial charge on any atom is -0.396 e. The lowest BCUT2D eigenvalue weighted by molar-refractivity contribution is -0.119. The second-order valence-corrected chi connectivity index (χ2v) is 7.18. The van der Waals surface area contributed by atoms with Crippen molar-refractivity contribution in [1.82, 2.24) is 0 Å². The number of benzene rings is 2. The van der Waals surface area contributed by atoms with Gasteiger partial charge in [0.25, 0.3) is 11.8 Å². The lowest BCUT2D eigenvalue weighted by Crippen LogP contribution is -2.31. The van der Waals surface area contributed by atoms with Gasteiger partial charge < -0.3 is 5.11 Å². The van der Waals surface area contributed by atoms with Gasteiger partial charge >= 0.3 is 0 Å². The van der Waals surface area contributed by atoms with E-state index in [-0.39, 0.29) is 6.61 Å². The number of hydrogen-bond donors (Lipinski definition) is 1. The maximum absolute atomic E-state index is 13.0. The second-order valence-electron chi connectivity index (χ2n) is 5.21. The van der Waals surface area contributed by atoms with Gasteiger partial charge in [0.2, 0.25) is 0 Å². The highest BCUT2D eigenvalue weighted by molar-refractivity contribution is 8.04. The number of halogens is 2. The Morgan fingerprint density at radius 1 is 0.880 bits per heavy atom. The van der Waals surface area contributed by atoms with E-state index in [1.165, 1.54) is 0 Å². The fraction of sp³-hybridized carbons (Fsp3) is 0.111. The van der Waals surface area contributed by atoms with Crippen LogP contribution >= 0.6 is 35.0 Å². The molecule has 0 radical (unpaired) electrons. The fourth-order valence-corrected chi connectivity index (χ4v) is 3.60. The zero-order valence-electron chi connectivity index (χ0n) is 12.9. The van der Waals surface area contributed by atoms with Crippen LogP contribution in [-0.2, 0) is 9.59 Å². The molecule has 0 atom stereocenters. The molecule has 7 heteroatoms. The van der Waals surface area contributed by atoms with Gasteiger partial charge in [-0.05, 0) is 42.0 Å². The maximum Gasteiger partial charge on any atom is 0.272 e. The number of carbonyl (C=O) groups excluding carboxylic acids is 2. The molecule has 0 bridgehead atoms. The van der Waals surface area contributed by atoms with E-state index in [0.29, 0.717) is 37.5 Å². The molecule has 25 heavy (non-hydrogen) atoms. The fourth-order valence-electron chi connectivity index (χ4n) is 2.49. The number of aliphatic hydroxyl groups excluding tert-OH is 1. The summed E-state index contributed by atoms with van der Waals surface area (Å²) in [4.78, 5) is 27.3. The summed E-state index contributed by atoms with van der Waals surface area (Å²) in [5.41, 5.74) is 1.38. The normalized spacial score (nSPS) is 14.6. The van der Waals surface area contributed by atoms with Crippen LogP contribution in [0.4, 0.5) is 5.69 Å². The Balaban J connectivity index is 2.05. The van der Waals surface area contributed by atoms with Gasteiger partial charge in [0.05, 0.1) is 22.8 Å². The summed E-state index contributed by atoms with van der Waals surface area (Å²) < 4.78 is 0. The molecule has 0 aliphatic carbocycles. The lowest BCUT2D eigenvalue weighted by Gasteiger charge is -2.15. The minimum absolute atomic E-state index is 0.0928. The first-order valence-electron chi connectivity index (χ1n) is 7.41. The third kappa shape index (κ3) is 3.60. The van der Waals surface area contributed by atoms with Gasteiger partial charge in [-0.2, -0.15) is 0 Å². The molecular formula is C18H13Cl2NO3S. The van der Waals surface area contributed by atoms with Crippen LogP contribution in [0.25, 0.3) is 5.57 Å². The Hall–Kier alpha value is -1.79. The van der Waals surface area contributed by atoms with Gasteiger partial charge in [0.15, 0.2) is 0 Å². The summed E-state index contributed by atoms with van der Waals surface area (Å²) in [5, 5.41) is 10.2. The van der Waals surface area contributed by atoms with Crippen LogP contribution < -0.4 is 4.90 Å². The van der Waals surface area contributed by atoms with Gasteiger partial charge in [-0.25, -0.2) is 4.90 Å². The Bertz CT molecular complexity index is 848. The third-order valence-electron chi connectivity index (χ3n) is 3.60. The number of rotatable bonds is 5. The third-order valence-corrected chi connectivity index (χ3v) is 5.15. The average Bonchev–Trinajstić information content (AvgIpc) is 2.85. The van der Waals surface area contributed by atoms with Crippen LogP contribution in [-0.4, -0.2) is 29.3 Å². The number of nitrogens with zero attached hydrogens (tertiary/aromatic N) is 1. The molecule has 1 aliphatic rings. The lowest BCUT2D eigenvalue weighted by atomic mass is 10.1. The molecule has 1 N–H and O–H groups in total. The predicted molar refractivity (Wildman–Crippen MR) is 102 cm³/mol. The average molecular weight is 394 g/mol. The van der Waals surface area contributed by atoms with Crippen LogP contribution in [0, 0.1) is 0 Å². The van der Waals surface area contributed by atoms with Crippen molar-refractivity contribution in [3.8, 4) is 0 Å². The van der Waals surface area contributed by atoms with Crippen molar-refractivity contribution in [3.63, 3.8) is 0 Å². The SMILES string of the molecule is O=C1C(SCCO)=C(c2ccc(Cl)cc2)C(=O)N1c1ccc(Cl)cc1. The van der Waals surface area contributed by atoms with Crippen LogP contribution in [0.5, 0.6) is 0 Å². The highest BCUT2D eigenvalue weighted by Gasteiger charge is 2.40. The van der Waals surface area contributed by atoms with E-state index in [1.54, 1.807) is 48.5 Å². The van der Waals surface area contributed by atoms with E-state index in [0.717, 1.165) is 16.7 Å². The number of anilines is 1. The Morgan fingerprint density at radius 3 is 2.00 bits per heavy atom. The zero-order valence-corrected chi connectivity index (χ0v) is 15.2. The summed E-state index contributed by atoms with van der Waals surface area (Å²) in [6.07, 6.45) is 0. The molecular weight excluding hydrogens is 381 g/mol. The molecule has 0 fully saturated rings. The largest absolute Gasteiger partial charge is 0.396 e. The number of carbonyl (C=O) groups is 2. The molecule has 1 heterocycles. The number of aliphatic hydroxyl groups is 1. The molecule has 0 spiro atoms. The number of imide groups is 1. The molecule has 0 unspecified atom stereocenters. The Kier molecular flexibility index (Phi) is 5.49. The van der Waals surface area contributed by atoms with Gasteiger partial charge in [-0.3, -0.25) is 9.59 Å². The van der Waals surface area contributed by atoms with Crippen LogP contribution in [0.15, 0.2) is 53.4 Å². The van der Waals surface area contributed by atoms with E-state index in [9.17, 15) is 9.59 Å². The van der Waals surface area contributed by atoms with Crippen molar-refractivity contribution >= 4 is 58.0 Å². The van der Waals surface area contributed by atoms with E-state index >= 15 is 0 Å². The van der Waals surface area contributed by atoms with E-state index in [2.05, 4.69) is 0 Å². The summed E-state index contributed by atoms with van der Waals surface area (Å²) in [6.45, 7) is -0.0928. The van der Waals surface area contributed by atoms with Crippen molar-refractivity contribution in [2.75, 3.05) is 17.3 Å². The van der Waals surface area contributed by atoms with E-state index in [4.69, 9.17) is 28.3 Å². The summed E-state index contributed by atoms with van der Waals surface area (Å²) in [6, 6.07) is 13.2. The van der Waals surface area contributed by atoms with Crippen molar-refractivity contribution in [1.29, 1.82) is 0 Å². The van der Waals surface area contributed by atoms with Crippen LogP contribution in [0.1, 0.15) is 5.56 Å². The van der Waals surface area contributed by atoms with Crippen molar-refractivity contribution in [3.05, 3.63) is 69.0 Å². The molecule has 128 valence electrons. The topological polar surface area (TPSA) is 57.6 Å². The van der Waals surface area contributed by atoms with E-state index in [1.807, 2.05) is 0 Å². The zero-order chi connectivity index (χ0) is 18.0. The monoisotopic (exact) mass is 393 g/mol. The standard InChI is InChI=1S/C18H13Cl2NO3S/c19-12-3-1-11(2-4-12)15-16(25-10-9-22)18(24)21(17(15)23)14-7-5-13(20)6-8-14/h1-8,22H,9-10H2. The molecule has 4 nitrogen and oxygen atoms in total. The number of thioether (sulfide) groups is 1. The van der Waals surface area contributed by atoms with Crippen molar-refractivity contribution < 1.29 is 14.7 Å². The Labute approximate surface area is 159 Å². The molecule has 0 saturated carbocycles. The molecule has 1 aliphatic heterocycles. The molecule has 2 aromatic rings. The second kappa shape index (κ2) is 7.62. The van der Waals surface area contributed by atoms with Gasteiger partial charge in [0, 0.05) is 15.8 Å². The smallest absolute Gasteiger partial charge is 0.272 e. The Morgan fingerprint density at radius 2 is 1.44 bits per heavy atom. The highest BCUT2D eigenvalue weighted by Crippen LogP contribution is 2.38. The van der Waals surface area contributed by atoms with Crippen molar-refractivity contribution in [2.24, 2.45) is 0 Å². The summed E-state index contributed by atoms with van der Waals surface area (Å²) in [7, 11) is 0. The van der Waals surface area contributed by atoms with Gasteiger partial charge in [0.1, 0.15) is 0 Å². The maximum atomic E-state index is 13.0. The number of amides is 2. The minimum atomic E-state index is -0.407.